The molecule has 1 saturated heterocycles. The molecule has 1 aromatic carbocycles. The number of nitrogen functional groups attached to an aromatic ring is 1. The van der Waals surface area contributed by atoms with Crippen LogP contribution in [0.3, 0.4) is 0 Å². The highest BCUT2D eigenvalue weighted by Crippen LogP contribution is 2.30. The number of nitrogens with zero attached hydrogens (tertiary/aromatic N) is 3. The molecule has 7 heteroatoms. The summed E-state index contributed by atoms with van der Waals surface area (Å²) < 4.78 is 0. The zero-order chi connectivity index (χ0) is 15.7. The van der Waals surface area contributed by atoms with E-state index in [0.29, 0.717) is 23.7 Å². The van der Waals surface area contributed by atoms with Gasteiger partial charge in [-0.15, -0.1) is 11.8 Å². The van der Waals surface area contributed by atoms with E-state index in [4.69, 9.17) is 17.3 Å². The Bertz CT molecular complexity index is 718. The lowest BCUT2D eigenvalue weighted by Gasteiger charge is -2.39. The van der Waals surface area contributed by atoms with Gasteiger partial charge in [-0.1, -0.05) is 11.6 Å². The van der Waals surface area contributed by atoms with Crippen molar-refractivity contribution in [3.8, 4) is 0 Å². The second-order valence-corrected chi connectivity index (χ2v) is 6.38. The highest BCUT2D eigenvalue weighted by molar-refractivity contribution is 7.98. The summed E-state index contributed by atoms with van der Waals surface area (Å²) in [6, 6.07) is 7.35. The first kappa shape index (κ1) is 15.1. The van der Waals surface area contributed by atoms with Gasteiger partial charge in [0.25, 0.3) is 5.91 Å². The molecule has 1 aliphatic rings. The molecule has 0 aliphatic carbocycles. The van der Waals surface area contributed by atoms with Crippen molar-refractivity contribution >= 4 is 35.2 Å². The molecular weight excluding hydrogens is 320 g/mol. The number of amides is 1. The lowest BCUT2D eigenvalue weighted by Crippen LogP contribution is -2.48. The van der Waals surface area contributed by atoms with Gasteiger partial charge in [-0.2, -0.15) is 0 Å². The summed E-state index contributed by atoms with van der Waals surface area (Å²) in [6.07, 6.45) is 3.61. The predicted octanol–water partition coefficient (Wildman–Crippen LogP) is 2.67. The van der Waals surface area contributed by atoms with E-state index in [9.17, 15) is 4.79 Å². The average molecular weight is 335 g/mol. The monoisotopic (exact) mass is 334 g/mol. The molecule has 5 nitrogen and oxygen atoms in total. The van der Waals surface area contributed by atoms with Crippen molar-refractivity contribution in [2.75, 3.05) is 25.1 Å². The number of hydrogen-bond donors (Lipinski definition) is 1. The first-order valence-corrected chi connectivity index (χ1v) is 8.40. The highest BCUT2D eigenvalue weighted by Gasteiger charge is 2.34. The van der Waals surface area contributed by atoms with Gasteiger partial charge in [0.15, 0.2) is 0 Å². The molecule has 114 valence electrons. The number of likely N-dealkylation sites (tertiary alicyclic amines) is 1. The van der Waals surface area contributed by atoms with Gasteiger partial charge in [0.1, 0.15) is 0 Å². The Labute approximate surface area is 137 Å². The molecule has 3 rings (SSSR count). The third kappa shape index (κ3) is 2.89. The van der Waals surface area contributed by atoms with Gasteiger partial charge >= 0.3 is 0 Å². The first-order chi connectivity index (χ1) is 10.6. The molecule has 0 bridgehead atoms. The lowest BCUT2D eigenvalue weighted by atomic mass is 9.95. The summed E-state index contributed by atoms with van der Waals surface area (Å²) in [6.45, 7) is 1.24. The van der Waals surface area contributed by atoms with Crippen molar-refractivity contribution in [3.05, 3.63) is 46.7 Å². The topological polar surface area (TPSA) is 72.1 Å². The zero-order valence-electron chi connectivity index (χ0n) is 12.0. The Balaban J connectivity index is 1.71. The van der Waals surface area contributed by atoms with Crippen molar-refractivity contribution in [1.82, 2.24) is 14.9 Å². The van der Waals surface area contributed by atoms with Gasteiger partial charge in [0.2, 0.25) is 5.95 Å². The Morgan fingerprint density at radius 3 is 2.86 bits per heavy atom. The van der Waals surface area contributed by atoms with Gasteiger partial charge in [0, 0.05) is 30.1 Å². The molecule has 1 aromatic heterocycles. The van der Waals surface area contributed by atoms with Crippen molar-refractivity contribution in [3.63, 3.8) is 0 Å². The van der Waals surface area contributed by atoms with E-state index >= 15 is 0 Å². The number of halogens is 1. The molecule has 0 spiro atoms. The van der Waals surface area contributed by atoms with Crippen LogP contribution < -0.4 is 5.73 Å². The van der Waals surface area contributed by atoms with Gasteiger partial charge in [0.05, 0.1) is 16.3 Å². The van der Waals surface area contributed by atoms with E-state index < -0.39 is 0 Å². The number of nitrogens with two attached hydrogens (primary N) is 1. The molecule has 1 aliphatic heterocycles. The number of carbonyl (C=O) groups is 1. The molecule has 2 aromatic rings. The molecule has 0 radical (unpaired) electrons. The number of anilines is 1. The number of aromatic nitrogens is 2. The molecule has 0 atom stereocenters. The van der Waals surface area contributed by atoms with E-state index in [1.807, 2.05) is 24.5 Å². The maximum Gasteiger partial charge on any atom is 0.255 e. The van der Waals surface area contributed by atoms with Gasteiger partial charge < -0.3 is 10.6 Å². The van der Waals surface area contributed by atoms with Crippen LogP contribution >= 0.6 is 23.4 Å². The zero-order valence-corrected chi connectivity index (χ0v) is 13.6. The molecule has 0 unspecified atom stereocenters. The fraction of sp³-hybridized carbons (Fsp3) is 0.267. The number of rotatable bonds is 3. The molecule has 0 saturated carbocycles. The van der Waals surface area contributed by atoms with Crippen LogP contribution in [0.5, 0.6) is 0 Å². The number of thioether (sulfide) groups is 1. The number of benzene rings is 1. The third-order valence-electron chi connectivity index (χ3n) is 3.69. The van der Waals surface area contributed by atoms with E-state index in [1.165, 1.54) is 0 Å². The van der Waals surface area contributed by atoms with E-state index in [2.05, 4.69) is 9.97 Å². The lowest BCUT2D eigenvalue weighted by molar-refractivity contribution is 0.0598. The van der Waals surface area contributed by atoms with E-state index in [-0.39, 0.29) is 17.8 Å². The molecule has 2 heterocycles. The van der Waals surface area contributed by atoms with Gasteiger partial charge in [-0.3, -0.25) is 4.79 Å². The second-order valence-electron chi connectivity index (χ2n) is 5.09. The van der Waals surface area contributed by atoms with Crippen LogP contribution in [0.1, 0.15) is 22.0 Å². The number of carbonyl (C=O) groups excluding carboxylic acids is 1. The normalized spacial score (nSPS) is 14.7. The average Bonchev–Trinajstić information content (AvgIpc) is 2.46. The SMILES string of the molecule is CSc1ccc(Cl)c(C(=O)N2CC(c3ccnc(N)n3)C2)c1. The molecule has 22 heavy (non-hydrogen) atoms. The Morgan fingerprint density at radius 1 is 1.41 bits per heavy atom. The van der Waals surface area contributed by atoms with Crippen molar-refractivity contribution in [2.45, 2.75) is 10.8 Å². The van der Waals surface area contributed by atoms with Crippen LogP contribution in [-0.4, -0.2) is 40.1 Å². The molecule has 1 fully saturated rings. The van der Waals surface area contributed by atoms with Crippen LogP contribution in [0.15, 0.2) is 35.4 Å². The van der Waals surface area contributed by atoms with Gasteiger partial charge in [-0.25, -0.2) is 9.97 Å². The molecular formula is C15H15ClN4OS. The fourth-order valence-corrected chi connectivity index (χ4v) is 3.05. The minimum Gasteiger partial charge on any atom is -0.368 e. The number of hydrogen-bond acceptors (Lipinski definition) is 5. The van der Waals surface area contributed by atoms with Gasteiger partial charge in [-0.05, 0) is 30.5 Å². The Hall–Kier alpha value is -1.79. The molecule has 2 N–H and O–H groups in total. The van der Waals surface area contributed by atoms with Crippen LogP contribution in [0.4, 0.5) is 5.95 Å². The summed E-state index contributed by atoms with van der Waals surface area (Å²) in [5.41, 5.74) is 7.02. The highest BCUT2D eigenvalue weighted by atomic mass is 35.5. The first-order valence-electron chi connectivity index (χ1n) is 6.79. The van der Waals surface area contributed by atoms with Crippen LogP contribution in [-0.2, 0) is 0 Å². The van der Waals surface area contributed by atoms with Crippen molar-refractivity contribution in [2.24, 2.45) is 0 Å². The quantitative estimate of drug-likeness (QED) is 0.874. The Morgan fingerprint density at radius 2 is 2.18 bits per heavy atom. The smallest absolute Gasteiger partial charge is 0.255 e. The van der Waals surface area contributed by atoms with E-state index in [1.54, 1.807) is 28.9 Å². The summed E-state index contributed by atoms with van der Waals surface area (Å²) in [4.78, 5) is 23.4. The fourth-order valence-electron chi connectivity index (χ4n) is 2.41. The van der Waals surface area contributed by atoms with Crippen LogP contribution in [0.25, 0.3) is 0 Å². The summed E-state index contributed by atoms with van der Waals surface area (Å²) in [5.74, 6) is 0.425. The minimum atomic E-state index is -0.0424. The van der Waals surface area contributed by atoms with Crippen LogP contribution in [0.2, 0.25) is 5.02 Å². The maximum atomic E-state index is 12.5. The summed E-state index contributed by atoms with van der Waals surface area (Å²) >= 11 is 7.74. The summed E-state index contributed by atoms with van der Waals surface area (Å²) in [5, 5.41) is 0.484. The van der Waals surface area contributed by atoms with Crippen molar-refractivity contribution in [1.29, 1.82) is 0 Å². The van der Waals surface area contributed by atoms with E-state index in [0.717, 1.165) is 10.6 Å². The maximum absolute atomic E-state index is 12.5. The Kier molecular flexibility index (Phi) is 4.22. The minimum absolute atomic E-state index is 0.0424. The summed E-state index contributed by atoms with van der Waals surface area (Å²) in [7, 11) is 0. The standard InChI is InChI=1S/C15H15ClN4OS/c1-22-10-2-3-12(16)11(6-10)14(21)20-7-9(8-20)13-4-5-18-15(17)19-13/h2-6,9H,7-8H2,1H3,(H2,17,18,19). The van der Waals surface area contributed by atoms with Crippen LogP contribution in [0, 0.1) is 0 Å². The largest absolute Gasteiger partial charge is 0.368 e. The second kappa shape index (κ2) is 6.14. The molecule has 1 amide bonds. The predicted molar refractivity (Wildman–Crippen MR) is 88.3 cm³/mol. The van der Waals surface area contributed by atoms with Crippen molar-refractivity contribution < 1.29 is 4.79 Å². The third-order valence-corrected chi connectivity index (χ3v) is 4.74.